The molecule has 230 valence electrons. The summed E-state index contributed by atoms with van der Waals surface area (Å²) in [5, 5.41) is 8.36. The molecule has 1 N–H and O–H groups in total. The molecule has 1 unspecified atom stereocenters. The lowest BCUT2D eigenvalue weighted by Crippen LogP contribution is -2.40. The first kappa shape index (κ1) is 31.2. The monoisotopic (exact) mass is 613 g/mol. The normalized spacial score (nSPS) is 12.7. The van der Waals surface area contributed by atoms with Gasteiger partial charge in [-0.1, -0.05) is 32.9 Å². The van der Waals surface area contributed by atoms with E-state index < -0.39 is 8.32 Å². The van der Waals surface area contributed by atoms with Crippen molar-refractivity contribution in [3.63, 3.8) is 0 Å². The first-order chi connectivity index (χ1) is 20.9. The molecule has 0 aliphatic heterocycles. The Morgan fingerprint density at radius 2 is 1.70 bits per heavy atom. The van der Waals surface area contributed by atoms with Crippen LogP contribution in [0.3, 0.4) is 0 Å². The molecule has 0 fully saturated rings. The summed E-state index contributed by atoms with van der Waals surface area (Å²) in [6, 6.07) is 17.7. The fourth-order valence-electron chi connectivity index (χ4n) is 4.51. The Bertz CT molecular complexity index is 1730. The van der Waals surface area contributed by atoms with Gasteiger partial charge in [0.05, 0.1) is 31.6 Å². The molecule has 0 spiro atoms. The molecule has 44 heavy (non-hydrogen) atoms. The van der Waals surface area contributed by atoms with Gasteiger partial charge in [0.1, 0.15) is 29.7 Å². The van der Waals surface area contributed by atoms with Crippen molar-refractivity contribution in [2.45, 2.75) is 65.1 Å². The van der Waals surface area contributed by atoms with Crippen LogP contribution in [0.4, 0.5) is 10.2 Å². The van der Waals surface area contributed by atoms with Gasteiger partial charge in [0.2, 0.25) is 0 Å². The zero-order valence-electron chi connectivity index (χ0n) is 26.4. The molecule has 0 radical (unpaired) electrons. The number of halogens is 1. The minimum absolute atomic E-state index is 0.124. The SMILES string of the molecule is COc1ccc(COc2ccc(F)cc2C(C)Nc2ccc3ncc(-c4cncc(CO[Si](C)(C)C(C)(C)C)c4)n3n2)cc1. The lowest BCUT2D eigenvalue weighted by molar-refractivity contribution is 0.276. The summed E-state index contributed by atoms with van der Waals surface area (Å²) >= 11 is 0. The Balaban J connectivity index is 1.34. The van der Waals surface area contributed by atoms with E-state index in [1.807, 2.05) is 55.7 Å². The number of anilines is 1. The maximum atomic E-state index is 14.4. The van der Waals surface area contributed by atoms with E-state index in [-0.39, 0.29) is 16.9 Å². The van der Waals surface area contributed by atoms with E-state index in [1.54, 1.807) is 23.9 Å². The van der Waals surface area contributed by atoms with E-state index in [1.165, 1.54) is 12.1 Å². The number of ether oxygens (including phenoxy) is 2. The van der Waals surface area contributed by atoms with E-state index in [4.69, 9.17) is 19.0 Å². The molecule has 8 nitrogen and oxygen atoms in total. The van der Waals surface area contributed by atoms with Crippen molar-refractivity contribution in [3.8, 4) is 22.8 Å². The van der Waals surface area contributed by atoms with Gasteiger partial charge in [0.25, 0.3) is 0 Å². The van der Waals surface area contributed by atoms with E-state index in [9.17, 15) is 4.39 Å². The molecule has 5 rings (SSSR count). The van der Waals surface area contributed by atoms with Crippen LogP contribution in [0.5, 0.6) is 11.5 Å². The van der Waals surface area contributed by atoms with Crippen molar-refractivity contribution < 1.29 is 18.3 Å². The Kier molecular flexibility index (Phi) is 9.03. The number of pyridine rings is 1. The van der Waals surface area contributed by atoms with Crippen LogP contribution in [-0.4, -0.2) is 35.0 Å². The Hall–Kier alpha value is -4.28. The lowest BCUT2D eigenvalue weighted by atomic mass is 10.1. The second-order valence-electron chi connectivity index (χ2n) is 12.4. The third kappa shape index (κ3) is 7.08. The van der Waals surface area contributed by atoms with Crippen molar-refractivity contribution in [1.82, 2.24) is 19.6 Å². The van der Waals surface area contributed by atoms with Crippen molar-refractivity contribution in [2.75, 3.05) is 12.4 Å². The van der Waals surface area contributed by atoms with Crippen LogP contribution in [0.2, 0.25) is 18.1 Å². The third-order valence-corrected chi connectivity index (χ3v) is 12.7. The Morgan fingerprint density at radius 1 is 0.932 bits per heavy atom. The van der Waals surface area contributed by atoms with Crippen molar-refractivity contribution in [3.05, 3.63) is 102 Å². The van der Waals surface area contributed by atoms with Crippen LogP contribution >= 0.6 is 0 Å². The van der Waals surface area contributed by atoms with Gasteiger partial charge in [-0.3, -0.25) is 4.98 Å². The Morgan fingerprint density at radius 3 is 2.43 bits per heavy atom. The molecular weight excluding hydrogens is 573 g/mol. The molecule has 0 aliphatic rings. The summed E-state index contributed by atoms with van der Waals surface area (Å²) in [5.41, 5.74) is 5.07. The average molecular weight is 614 g/mol. The fourth-order valence-corrected chi connectivity index (χ4v) is 5.47. The summed E-state index contributed by atoms with van der Waals surface area (Å²) < 4.78 is 33.9. The predicted octanol–water partition coefficient (Wildman–Crippen LogP) is 8.21. The molecule has 0 aliphatic carbocycles. The summed E-state index contributed by atoms with van der Waals surface area (Å²) in [6.45, 7) is 14.0. The molecule has 0 saturated heterocycles. The fraction of sp³-hybridized carbons (Fsp3) is 0.324. The van der Waals surface area contributed by atoms with E-state index in [0.29, 0.717) is 36.0 Å². The number of methoxy groups -OCH3 is 1. The van der Waals surface area contributed by atoms with E-state index in [0.717, 1.165) is 28.1 Å². The number of nitrogens with zero attached hydrogens (tertiary/aromatic N) is 4. The standard InChI is InChI=1S/C34H40FN5O3Si/c1-23(29-17-27(35)10-13-31(29)42-21-24-8-11-28(41-5)12-9-24)38-32-14-15-33-37-20-30(40(33)39-32)26-16-25(18-36-19-26)22-43-44(6,7)34(2,3)4/h8-20,23H,21-22H2,1-7H3,(H,38,39). The molecule has 3 aromatic heterocycles. The molecule has 5 aromatic rings. The van der Waals surface area contributed by atoms with Gasteiger partial charge in [-0.25, -0.2) is 13.9 Å². The highest BCUT2D eigenvalue weighted by Crippen LogP contribution is 2.37. The summed E-state index contributed by atoms with van der Waals surface area (Å²) in [5.74, 6) is 1.64. The smallest absolute Gasteiger partial charge is 0.192 e. The zero-order chi connectivity index (χ0) is 31.5. The third-order valence-electron chi connectivity index (χ3n) is 8.21. The van der Waals surface area contributed by atoms with Gasteiger partial charge in [0.15, 0.2) is 14.0 Å². The number of aromatic nitrogens is 4. The lowest BCUT2D eigenvalue weighted by Gasteiger charge is -2.36. The summed E-state index contributed by atoms with van der Waals surface area (Å²) in [6.07, 6.45) is 5.45. The van der Waals surface area contributed by atoms with Crippen LogP contribution in [-0.2, 0) is 17.6 Å². The number of imidazole rings is 1. The first-order valence-corrected chi connectivity index (χ1v) is 17.6. The van der Waals surface area contributed by atoms with Crippen LogP contribution in [0, 0.1) is 5.82 Å². The molecule has 10 heteroatoms. The van der Waals surface area contributed by atoms with Crippen LogP contribution in [0.25, 0.3) is 16.9 Å². The van der Waals surface area contributed by atoms with Gasteiger partial charge < -0.3 is 19.2 Å². The summed E-state index contributed by atoms with van der Waals surface area (Å²) in [4.78, 5) is 9.04. The van der Waals surface area contributed by atoms with E-state index in [2.05, 4.69) is 55.2 Å². The minimum atomic E-state index is -1.90. The van der Waals surface area contributed by atoms with Gasteiger partial charge in [-0.05, 0) is 84.7 Å². The number of hydrogen-bond donors (Lipinski definition) is 1. The van der Waals surface area contributed by atoms with Crippen molar-refractivity contribution in [2.24, 2.45) is 0 Å². The maximum Gasteiger partial charge on any atom is 0.192 e. The molecule has 3 heterocycles. The van der Waals surface area contributed by atoms with Gasteiger partial charge in [-0.15, -0.1) is 5.10 Å². The maximum absolute atomic E-state index is 14.4. The highest BCUT2D eigenvalue weighted by atomic mass is 28.4. The first-order valence-electron chi connectivity index (χ1n) is 14.7. The van der Waals surface area contributed by atoms with Crippen LogP contribution in [0.1, 0.15) is 50.4 Å². The molecule has 0 saturated carbocycles. The number of hydrogen-bond acceptors (Lipinski definition) is 7. The Labute approximate surface area is 259 Å². The van der Waals surface area contributed by atoms with Crippen LogP contribution in [0.15, 0.2) is 79.3 Å². The number of nitrogens with one attached hydrogen (secondary N) is 1. The van der Waals surface area contributed by atoms with Crippen molar-refractivity contribution in [1.29, 1.82) is 0 Å². The van der Waals surface area contributed by atoms with Gasteiger partial charge in [-0.2, -0.15) is 0 Å². The largest absolute Gasteiger partial charge is 0.497 e. The topological polar surface area (TPSA) is 82.8 Å². The average Bonchev–Trinajstić information content (AvgIpc) is 3.42. The molecule has 2 aromatic carbocycles. The highest BCUT2D eigenvalue weighted by molar-refractivity contribution is 6.74. The minimum Gasteiger partial charge on any atom is -0.497 e. The quantitative estimate of drug-likeness (QED) is 0.150. The second kappa shape index (κ2) is 12.8. The highest BCUT2D eigenvalue weighted by Gasteiger charge is 2.37. The number of fused-ring (bicyclic) bond motifs is 1. The van der Waals surface area contributed by atoms with E-state index >= 15 is 0 Å². The number of benzene rings is 2. The molecular formula is C34H40FN5O3Si. The predicted molar refractivity (Wildman–Crippen MR) is 174 cm³/mol. The molecule has 0 amide bonds. The number of rotatable bonds is 11. The van der Waals surface area contributed by atoms with Crippen LogP contribution < -0.4 is 14.8 Å². The van der Waals surface area contributed by atoms with Gasteiger partial charge in [0, 0.05) is 23.5 Å². The molecule has 1 atom stereocenters. The van der Waals surface area contributed by atoms with Crippen molar-refractivity contribution >= 4 is 19.8 Å². The second-order valence-corrected chi connectivity index (χ2v) is 17.3. The molecule has 0 bridgehead atoms. The zero-order valence-corrected chi connectivity index (χ0v) is 27.4. The summed E-state index contributed by atoms with van der Waals surface area (Å²) in [7, 11) is -0.272. The van der Waals surface area contributed by atoms with Gasteiger partial charge >= 0.3 is 0 Å².